The lowest BCUT2D eigenvalue weighted by Gasteiger charge is -2.07. The van der Waals surface area contributed by atoms with Gasteiger partial charge in [0.05, 0.1) is 24.5 Å². The molecule has 1 aliphatic heterocycles. The van der Waals surface area contributed by atoms with Crippen LogP contribution in [0.5, 0.6) is 5.75 Å². The summed E-state index contributed by atoms with van der Waals surface area (Å²) in [5.74, 6) is 0.446. The van der Waals surface area contributed by atoms with Crippen LogP contribution in [0, 0.1) is 5.82 Å². The highest BCUT2D eigenvalue weighted by atomic mass is 32.2. The summed E-state index contributed by atoms with van der Waals surface area (Å²) in [6.45, 7) is 0. The van der Waals surface area contributed by atoms with E-state index in [9.17, 15) is 4.39 Å². The highest BCUT2D eigenvalue weighted by Gasteiger charge is 2.14. The van der Waals surface area contributed by atoms with Crippen LogP contribution in [0.15, 0.2) is 63.7 Å². The zero-order chi connectivity index (χ0) is 17.2. The molecule has 4 rings (SSSR count). The second kappa shape index (κ2) is 6.52. The molecule has 124 valence electrons. The topological polar surface area (TPSA) is 58.9 Å². The first-order valence-electron chi connectivity index (χ1n) is 7.51. The summed E-state index contributed by atoms with van der Waals surface area (Å²) in [6.07, 6.45) is 1.70. The molecule has 0 saturated carbocycles. The Labute approximate surface area is 147 Å². The number of nitrogens with zero attached hydrogens (tertiary/aromatic N) is 3. The number of amidine groups is 1. The minimum absolute atomic E-state index is 0.331. The maximum absolute atomic E-state index is 13.3. The first-order chi connectivity index (χ1) is 12.2. The monoisotopic (exact) mass is 352 g/mol. The van der Waals surface area contributed by atoms with Crippen LogP contribution in [0.3, 0.4) is 0 Å². The Morgan fingerprint density at radius 1 is 1.16 bits per heavy atom. The molecule has 0 spiro atoms. The molecule has 0 amide bonds. The van der Waals surface area contributed by atoms with Crippen LogP contribution in [0.25, 0.3) is 10.9 Å². The summed E-state index contributed by atoms with van der Waals surface area (Å²) in [5, 5.41) is 6.45. The predicted octanol–water partition coefficient (Wildman–Crippen LogP) is 4.10. The molecule has 1 aromatic heterocycles. The second-order valence-corrected chi connectivity index (χ2v) is 6.29. The lowest BCUT2D eigenvalue weighted by Crippen LogP contribution is -2.11. The van der Waals surface area contributed by atoms with Crippen LogP contribution in [-0.4, -0.2) is 23.5 Å². The summed E-state index contributed by atoms with van der Waals surface area (Å²) >= 11 is 1.35. The van der Waals surface area contributed by atoms with E-state index in [0.29, 0.717) is 10.9 Å². The van der Waals surface area contributed by atoms with Gasteiger partial charge in [-0.15, -0.1) is 0 Å². The number of pyridine rings is 1. The van der Waals surface area contributed by atoms with Gasteiger partial charge in [-0.3, -0.25) is 5.43 Å². The van der Waals surface area contributed by atoms with Crippen molar-refractivity contribution >= 4 is 39.7 Å². The summed E-state index contributed by atoms with van der Waals surface area (Å²) in [5.41, 5.74) is 5.11. The molecule has 25 heavy (non-hydrogen) atoms. The Bertz CT molecular complexity index is 1020. The Kier molecular flexibility index (Phi) is 4.07. The number of aromatic nitrogens is 1. The second-order valence-electron chi connectivity index (χ2n) is 5.31. The fourth-order valence-electron chi connectivity index (χ4n) is 2.44. The minimum Gasteiger partial charge on any atom is -0.497 e. The number of aliphatic imine (C=N–C) groups is 1. The molecule has 0 aliphatic carbocycles. The largest absolute Gasteiger partial charge is 0.497 e. The Morgan fingerprint density at radius 3 is 2.92 bits per heavy atom. The van der Waals surface area contributed by atoms with Crippen molar-refractivity contribution in [2.75, 3.05) is 7.11 Å². The maximum atomic E-state index is 13.3. The van der Waals surface area contributed by atoms with E-state index in [2.05, 4.69) is 20.5 Å². The summed E-state index contributed by atoms with van der Waals surface area (Å²) < 4.78 is 18.6. The van der Waals surface area contributed by atoms with E-state index < -0.39 is 0 Å². The van der Waals surface area contributed by atoms with Crippen LogP contribution in [0.4, 0.5) is 10.1 Å². The molecule has 2 aromatic carbocycles. The summed E-state index contributed by atoms with van der Waals surface area (Å²) in [4.78, 5) is 9.08. The molecule has 5 nitrogen and oxygen atoms in total. The van der Waals surface area contributed by atoms with Crippen molar-refractivity contribution in [2.45, 2.75) is 5.03 Å². The molecule has 7 heteroatoms. The van der Waals surface area contributed by atoms with E-state index in [1.165, 1.54) is 23.9 Å². The third kappa shape index (κ3) is 3.32. The van der Waals surface area contributed by atoms with Gasteiger partial charge in [0, 0.05) is 10.9 Å². The van der Waals surface area contributed by atoms with Crippen molar-refractivity contribution in [1.29, 1.82) is 0 Å². The van der Waals surface area contributed by atoms with E-state index in [1.807, 2.05) is 24.3 Å². The Balaban J connectivity index is 1.73. The molecule has 1 N–H and O–H groups in total. The van der Waals surface area contributed by atoms with Gasteiger partial charge in [0.15, 0.2) is 5.17 Å². The van der Waals surface area contributed by atoms with E-state index >= 15 is 0 Å². The highest BCUT2D eigenvalue weighted by Crippen LogP contribution is 2.29. The number of methoxy groups -OCH3 is 1. The molecular weight excluding hydrogens is 339 g/mol. The number of thioether (sulfide) groups is 1. The van der Waals surface area contributed by atoms with Gasteiger partial charge in [-0.05, 0) is 54.2 Å². The molecular formula is C18H13FN4OS. The zero-order valence-electron chi connectivity index (χ0n) is 13.2. The Morgan fingerprint density at radius 2 is 2.08 bits per heavy atom. The molecule has 2 heterocycles. The number of fused-ring (bicyclic) bond motifs is 2. The van der Waals surface area contributed by atoms with E-state index in [1.54, 1.807) is 25.5 Å². The van der Waals surface area contributed by atoms with Crippen LogP contribution in [0.1, 0.15) is 5.56 Å². The van der Waals surface area contributed by atoms with Gasteiger partial charge in [0.25, 0.3) is 0 Å². The maximum Gasteiger partial charge on any atom is 0.188 e. The molecule has 3 aromatic rings. The normalized spacial score (nSPS) is 14.9. The first kappa shape index (κ1) is 15.6. The lowest BCUT2D eigenvalue weighted by molar-refractivity contribution is 0.415. The molecule has 0 bridgehead atoms. The van der Waals surface area contributed by atoms with E-state index in [4.69, 9.17) is 4.74 Å². The quantitative estimate of drug-likeness (QED) is 0.754. The van der Waals surface area contributed by atoms with Gasteiger partial charge in [0.2, 0.25) is 0 Å². The number of ether oxygens (including phenoxy) is 1. The average Bonchev–Trinajstić information content (AvgIpc) is 2.80. The first-order valence-corrected chi connectivity index (χ1v) is 8.33. The number of hydrazone groups is 1. The predicted molar refractivity (Wildman–Crippen MR) is 98.4 cm³/mol. The lowest BCUT2D eigenvalue weighted by atomic mass is 10.1. The van der Waals surface area contributed by atoms with Gasteiger partial charge in [-0.2, -0.15) is 5.10 Å². The third-order valence-electron chi connectivity index (χ3n) is 3.61. The number of benzene rings is 2. The molecule has 0 unspecified atom stereocenters. The van der Waals surface area contributed by atoms with Crippen molar-refractivity contribution in [3.63, 3.8) is 0 Å². The average molecular weight is 352 g/mol. The molecule has 0 fully saturated rings. The van der Waals surface area contributed by atoms with Gasteiger partial charge in [-0.25, -0.2) is 14.4 Å². The number of hydrogen-bond acceptors (Lipinski definition) is 5. The minimum atomic E-state index is -0.331. The SMILES string of the molecule is COc1ccc2nc3c(cc2c1)C=NNC(=Nc1cccc(F)c1)S3. The number of nitrogens with one attached hydrogen (secondary N) is 1. The van der Waals surface area contributed by atoms with Crippen LogP contribution in [0.2, 0.25) is 0 Å². The molecule has 0 atom stereocenters. The fraction of sp³-hybridized carbons (Fsp3) is 0.0556. The van der Waals surface area contributed by atoms with Crippen LogP contribution >= 0.6 is 11.8 Å². The van der Waals surface area contributed by atoms with Crippen LogP contribution in [-0.2, 0) is 0 Å². The smallest absolute Gasteiger partial charge is 0.188 e. The van der Waals surface area contributed by atoms with Gasteiger partial charge < -0.3 is 4.74 Å². The molecule has 0 saturated heterocycles. The van der Waals surface area contributed by atoms with Crippen molar-refractivity contribution < 1.29 is 9.13 Å². The fourth-order valence-corrected chi connectivity index (χ4v) is 3.24. The third-order valence-corrected chi connectivity index (χ3v) is 4.51. The highest BCUT2D eigenvalue weighted by molar-refractivity contribution is 8.13. The van der Waals surface area contributed by atoms with Gasteiger partial charge in [-0.1, -0.05) is 6.07 Å². The molecule has 0 radical (unpaired) electrons. The van der Waals surface area contributed by atoms with Crippen LogP contribution < -0.4 is 10.2 Å². The number of halogens is 1. The summed E-state index contributed by atoms with van der Waals surface area (Å²) in [6, 6.07) is 13.8. The standard InChI is InChI=1S/C18H13FN4OS/c1-24-15-5-6-16-11(8-15)7-12-10-20-23-18(25-17(12)22-16)21-14-4-2-3-13(19)9-14/h2-10H,1H3,(H,21,23). The summed E-state index contributed by atoms with van der Waals surface area (Å²) in [7, 11) is 1.63. The zero-order valence-corrected chi connectivity index (χ0v) is 14.0. The van der Waals surface area contributed by atoms with Gasteiger partial charge in [0.1, 0.15) is 16.6 Å². The Hall–Kier alpha value is -2.93. The van der Waals surface area contributed by atoms with Crippen molar-refractivity contribution in [3.8, 4) is 5.75 Å². The molecule has 1 aliphatic rings. The van der Waals surface area contributed by atoms with E-state index in [0.717, 1.165) is 27.2 Å². The number of hydrogen-bond donors (Lipinski definition) is 1. The van der Waals surface area contributed by atoms with Gasteiger partial charge >= 0.3 is 0 Å². The van der Waals surface area contributed by atoms with E-state index in [-0.39, 0.29) is 5.82 Å². The van der Waals surface area contributed by atoms with Crippen molar-refractivity contribution in [1.82, 2.24) is 10.4 Å². The number of rotatable bonds is 2. The van der Waals surface area contributed by atoms with Crippen molar-refractivity contribution in [3.05, 3.63) is 59.9 Å². The van der Waals surface area contributed by atoms with Crippen molar-refractivity contribution in [2.24, 2.45) is 10.1 Å².